The van der Waals surface area contributed by atoms with Crippen LogP contribution in [0, 0.1) is 18.3 Å². The molecule has 2 aromatic carbocycles. The lowest BCUT2D eigenvalue weighted by atomic mass is 10.2. The maximum Gasteiger partial charge on any atom is 0.350 e. The Balaban J connectivity index is 2.32. The van der Waals surface area contributed by atoms with Crippen molar-refractivity contribution in [3.05, 3.63) is 59.8 Å². The van der Waals surface area contributed by atoms with E-state index in [1.54, 1.807) is 56.3 Å². The van der Waals surface area contributed by atoms with Gasteiger partial charge in [0.1, 0.15) is 11.8 Å². The van der Waals surface area contributed by atoms with Crippen molar-refractivity contribution in [3.8, 4) is 11.8 Å². The zero-order chi connectivity index (χ0) is 21.4. The lowest BCUT2D eigenvalue weighted by Gasteiger charge is -2.14. The van der Waals surface area contributed by atoms with Gasteiger partial charge in [-0.15, -0.1) is 0 Å². The molecular formula is C20H21N3O5S. The summed E-state index contributed by atoms with van der Waals surface area (Å²) >= 11 is 0. The number of nitriles is 1. The standard InChI is InChI=1S/C20H21N3O5S/c1-4-28-20(24)15(12-21)13-22-16-10-9-14(2)19(11-16)29(25,26)23-17-7-5-6-8-18(17)27-3/h5-11,13,22-23H,4H2,1-3H3/b15-13+. The number of sulfonamides is 1. The van der Waals surface area contributed by atoms with Crippen LogP contribution in [0.3, 0.4) is 0 Å². The number of benzene rings is 2. The molecule has 9 heteroatoms. The minimum atomic E-state index is -3.92. The number of methoxy groups -OCH3 is 1. The lowest BCUT2D eigenvalue weighted by Crippen LogP contribution is -2.15. The predicted molar refractivity (Wildman–Crippen MR) is 109 cm³/mol. The van der Waals surface area contributed by atoms with E-state index in [0.29, 0.717) is 22.7 Å². The third kappa shape index (κ3) is 5.49. The number of rotatable bonds is 8. The van der Waals surface area contributed by atoms with E-state index in [9.17, 15) is 13.2 Å². The molecule has 0 radical (unpaired) electrons. The molecule has 0 atom stereocenters. The van der Waals surface area contributed by atoms with Gasteiger partial charge in [0.15, 0.2) is 5.57 Å². The van der Waals surface area contributed by atoms with Gasteiger partial charge in [0.25, 0.3) is 10.0 Å². The fourth-order valence-corrected chi connectivity index (χ4v) is 3.75. The SMILES string of the molecule is CCOC(=O)/C(C#N)=C/Nc1ccc(C)c(S(=O)(=O)Nc2ccccc2OC)c1. The Morgan fingerprint density at radius 1 is 1.24 bits per heavy atom. The minimum absolute atomic E-state index is 0.0384. The number of carbonyl (C=O) groups excluding carboxylic acids is 1. The Kier molecular flexibility index (Phi) is 7.22. The van der Waals surface area contributed by atoms with Crippen molar-refractivity contribution in [1.82, 2.24) is 0 Å². The average molecular weight is 415 g/mol. The summed E-state index contributed by atoms with van der Waals surface area (Å²) < 4.78 is 38.3. The summed E-state index contributed by atoms with van der Waals surface area (Å²) in [5, 5.41) is 11.8. The molecule has 0 fully saturated rings. The molecule has 0 aromatic heterocycles. The Hall–Kier alpha value is -3.51. The van der Waals surface area contributed by atoms with Gasteiger partial charge in [-0.25, -0.2) is 13.2 Å². The van der Waals surface area contributed by atoms with Crippen LogP contribution in [-0.2, 0) is 19.6 Å². The highest BCUT2D eigenvalue weighted by atomic mass is 32.2. The summed E-state index contributed by atoms with van der Waals surface area (Å²) in [5.74, 6) is -0.376. The first kappa shape index (κ1) is 21.8. The highest BCUT2D eigenvalue weighted by molar-refractivity contribution is 7.92. The van der Waals surface area contributed by atoms with Gasteiger partial charge in [0.05, 0.1) is 24.3 Å². The highest BCUT2D eigenvalue weighted by Gasteiger charge is 2.19. The first-order valence-corrected chi connectivity index (χ1v) is 10.1. The zero-order valence-electron chi connectivity index (χ0n) is 16.2. The molecule has 0 aliphatic rings. The molecule has 8 nitrogen and oxygen atoms in total. The molecule has 0 unspecified atom stereocenters. The van der Waals surface area contributed by atoms with Crippen molar-refractivity contribution in [3.63, 3.8) is 0 Å². The van der Waals surface area contributed by atoms with Gasteiger partial charge in [-0.2, -0.15) is 5.26 Å². The number of aryl methyl sites for hydroxylation is 1. The molecule has 29 heavy (non-hydrogen) atoms. The molecule has 2 rings (SSSR count). The number of hydrogen-bond acceptors (Lipinski definition) is 7. The quantitative estimate of drug-likeness (QED) is 0.386. The normalized spacial score (nSPS) is 11.3. The molecule has 0 saturated carbocycles. The second kappa shape index (κ2) is 9.61. The zero-order valence-corrected chi connectivity index (χ0v) is 17.0. The van der Waals surface area contributed by atoms with Crippen molar-refractivity contribution in [2.75, 3.05) is 23.8 Å². The van der Waals surface area contributed by atoms with E-state index < -0.39 is 16.0 Å². The summed E-state index contributed by atoms with van der Waals surface area (Å²) in [5.41, 5.74) is 0.978. The fraction of sp³-hybridized carbons (Fsp3) is 0.200. The van der Waals surface area contributed by atoms with E-state index in [-0.39, 0.29) is 17.1 Å². The summed E-state index contributed by atoms with van der Waals surface area (Å²) in [4.78, 5) is 11.7. The van der Waals surface area contributed by atoms with E-state index in [0.717, 1.165) is 0 Å². The third-order valence-corrected chi connectivity index (χ3v) is 5.34. The van der Waals surface area contributed by atoms with Crippen molar-refractivity contribution in [2.45, 2.75) is 18.7 Å². The number of carbonyl (C=O) groups is 1. The van der Waals surface area contributed by atoms with E-state index >= 15 is 0 Å². The smallest absolute Gasteiger partial charge is 0.350 e. The molecule has 0 heterocycles. The van der Waals surface area contributed by atoms with Crippen LogP contribution >= 0.6 is 0 Å². The molecule has 2 aromatic rings. The van der Waals surface area contributed by atoms with Crippen LogP contribution in [0.25, 0.3) is 0 Å². The molecule has 0 aliphatic heterocycles. The van der Waals surface area contributed by atoms with E-state index in [2.05, 4.69) is 10.0 Å². The Bertz CT molecular complexity index is 1070. The lowest BCUT2D eigenvalue weighted by molar-refractivity contribution is -0.138. The van der Waals surface area contributed by atoms with E-state index in [1.165, 1.54) is 19.4 Å². The minimum Gasteiger partial charge on any atom is -0.495 e. The molecule has 2 N–H and O–H groups in total. The summed E-state index contributed by atoms with van der Waals surface area (Å²) in [7, 11) is -2.47. The first-order valence-electron chi connectivity index (χ1n) is 8.62. The van der Waals surface area contributed by atoms with Crippen LogP contribution in [-0.4, -0.2) is 28.1 Å². The third-order valence-electron chi connectivity index (χ3n) is 3.83. The second-order valence-corrected chi connectivity index (χ2v) is 7.47. The van der Waals surface area contributed by atoms with Crippen LogP contribution in [0.5, 0.6) is 5.75 Å². The number of para-hydroxylation sites is 2. The number of hydrogen-bond donors (Lipinski definition) is 2. The highest BCUT2D eigenvalue weighted by Crippen LogP contribution is 2.28. The molecule has 0 aliphatic carbocycles. The van der Waals surface area contributed by atoms with Gasteiger partial charge in [-0.05, 0) is 43.7 Å². The predicted octanol–water partition coefficient (Wildman–Crippen LogP) is 3.19. The molecule has 0 spiro atoms. The summed E-state index contributed by atoms with van der Waals surface area (Å²) in [6.07, 6.45) is 1.17. The van der Waals surface area contributed by atoms with Crippen LogP contribution in [0.2, 0.25) is 0 Å². The average Bonchev–Trinajstić information content (AvgIpc) is 2.69. The first-order chi connectivity index (χ1) is 13.8. The van der Waals surface area contributed by atoms with Crippen LogP contribution in [0.1, 0.15) is 12.5 Å². The van der Waals surface area contributed by atoms with Gasteiger partial charge in [0.2, 0.25) is 0 Å². The number of ether oxygens (including phenoxy) is 2. The fourth-order valence-electron chi connectivity index (χ4n) is 2.41. The van der Waals surface area contributed by atoms with Crippen molar-refractivity contribution in [2.24, 2.45) is 0 Å². The summed E-state index contributed by atoms with van der Waals surface area (Å²) in [6.45, 7) is 3.43. The molecule has 0 saturated heterocycles. The monoisotopic (exact) mass is 415 g/mol. The maximum atomic E-state index is 12.9. The van der Waals surface area contributed by atoms with Crippen molar-refractivity contribution in [1.29, 1.82) is 5.26 Å². The molecular weight excluding hydrogens is 394 g/mol. The van der Waals surface area contributed by atoms with Crippen molar-refractivity contribution >= 4 is 27.4 Å². The molecule has 0 bridgehead atoms. The maximum absolute atomic E-state index is 12.9. The molecule has 0 amide bonds. The number of nitrogens with zero attached hydrogens (tertiary/aromatic N) is 1. The van der Waals surface area contributed by atoms with E-state index in [1.807, 2.05) is 0 Å². The topological polar surface area (TPSA) is 118 Å². The van der Waals surface area contributed by atoms with Gasteiger partial charge < -0.3 is 14.8 Å². The van der Waals surface area contributed by atoms with Gasteiger partial charge in [0, 0.05) is 11.9 Å². The second-order valence-electron chi connectivity index (χ2n) is 5.82. The Morgan fingerprint density at radius 2 is 1.97 bits per heavy atom. The van der Waals surface area contributed by atoms with E-state index in [4.69, 9.17) is 14.7 Å². The largest absolute Gasteiger partial charge is 0.495 e. The Labute approximate surface area is 169 Å². The summed E-state index contributed by atoms with van der Waals surface area (Å²) in [6, 6.07) is 13.1. The number of esters is 1. The van der Waals surface area contributed by atoms with Gasteiger partial charge in [-0.1, -0.05) is 18.2 Å². The van der Waals surface area contributed by atoms with Crippen LogP contribution in [0.4, 0.5) is 11.4 Å². The molecule has 152 valence electrons. The number of nitrogens with one attached hydrogen (secondary N) is 2. The van der Waals surface area contributed by atoms with Crippen LogP contribution < -0.4 is 14.8 Å². The van der Waals surface area contributed by atoms with Gasteiger partial charge in [-0.3, -0.25) is 4.72 Å². The Morgan fingerprint density at radius 3 is 2.62 bits per heavy atom. The number of anilines is 2. The van der Waals surface area contributed by atoms with Crippen LogP contribution in [0.15, 0.2) is 59.1 Å². The van der Waals surface area contributed by atoms with Crippen molar-refractivity contribution < 1.29 is 22.7 Å². The van der Waals surface area contributed by atoms with Gasteiger partial charge >= 0.3 is 5.97 Å².